The number of amides is 2. The Morgan fingerprint density at radius 1 is 0.955 bits per heavy atom. The summed E-state index contributed by atoms with van der Waals surface area (Å²) in [5.41, 5.74) is 1.54. The lowest BCUT2D eigenvalue weighted by molar-refractivity contribution is 0.0942. The SMILES string of the molecule is O=C(NCc1ccccc1)c1cccc(C(=O)NC2CC2)n1. The van der Waals surface area contributed by atoms with Crippen LogP contribution in [0, 0.1) is 0 Å². The molecule has 2 aromatic rings. The number of rotatable bonds is 5. The largest absolute Gasteiger partial charge is 0.348 e. The van der Waals surface area contributed by atoms with Crippen molar-refractivity contribution in [1.29, 1.82) is 0 Å². The van der Waals surface area contributed by atoms with Crippen molar-refractivity contribution in [2.45, 2.75) is 25.4 Å². The van der Waals surface area contributed by atoms with E-state index in [-0.39, 0.29) is 29.2 Å². The Balaban J connectivity index is 1.63. The van der Waals surface area contributed by atoms with Crippen molar-refractivity contribution in [2.24, 2.45) is 0 Å². The molecule has 1 heterocycles. The standard InChI is InChI=1S/C17H17N3O2/c21-16(18-11-12-5-2-1-3-6-12)14-7-4-8-15(20-14)17(22)19-13-9-10-13/h1-8,13H,9-11H2,(H,18,21)(H,19,22). The lowest BCUT2D eigenvalue weighted by atomic mass is 10.2. The second-order valence-corrected chi connectivity index (χ2v) is 5.32. The number of hydrogen-bond acceptors (Lipinski definition) is 3. The Kier molecular flexibility index (Phi) is 4.14. The Labute approximate surface area is 128 Å². The zero-order valence-electron chi connectivity index (χ0n) is 12.1. The van der Waals surface area contributed by atoms with E-state index in [9.17, 15) is 9.59 Å². The molecule has 112 valence electrons. The van der Waals surface area contributed by atoms with Gasteiger partial charge in [-0.2, -0.15) is 0 Å². The van der Waals surface area contributed by atoms with Crippen molar-refractivity contribution in [3.8, 4) is 0 Å². The van der Waals surface area contributed by atoms with E-state index in [2.05, 4.69) is 15.6 Å². The van der Waals surface area contributed by atoms with Crippen molar-refractivity contribution < 1.29 is 9.59 Å². The van der Waals surface area contributed by atoms with Crippen LogP contribution in [0.4, 0.5) is 0 Å². The van der Waals surface area contributed by atoms with Crippen molar-refractivity contribution in [2.75, 3.05) is 0 Å². The number of benzene rings is 1. The van der Waals surface area contributed by atoms with E-state index in [1.807, 2.05) is 30.3 Å². The predicted molar refractivity (Wildman–Crippen MR) is 82.3 cm³/mol. The van der Waals surface area contributed by atoms with Gasteiger partial charge in [-0.05, 0) is 30.5 Å². The number of aromatic nitrogens is 1. The maximum absolute atomic E-state index is 12.1. The third kappa shape index (κ3) is 3.69. The third-order valence-corrected chi connectivity index (χ3v) is 3.42. The summed E-state index contributed by atoms with van der Waals surface area (Å²) in [6, 6.07) is 14.8. The van der Waals surface area contributed by atoms with E-state index in [4.69, 9.17) is 0 Å². The molecule has 22 heavy (non-hydrogen) atoms. The minimum atomic E-state index is -0.287. The van der Waals surface area contributed by atoms with E-state index in [1.54, 1.807) is 18.2 Å². The van der Waals surface area contributed by atoms with Crippen LogP contribution in [0.15, 0.2) is 48.5 Å². The first kappa shape index (κ1) is 14.3. The van der Waals surface area contributed by atoms with Gasteiger partial charge in [0.15, 0.2) is 0 Å². The van der Waals surface area contributed by atoms with Crippen molar-refractivity contribution in [1.82, 2.24) is 15.6 Å². The molecule has 0 bridgehead atoms. The molecule has 1 aromatic heterocycles. The lowest BCUT2D eigenvalue weighted by Crippen LogP contribution is -2.28. The van der Waals surface area contributed by atoms with Crippen LogP contribution in [0.1, 0.15) is 39.4 Å². The van der Waals surface area contributed by atoms with Gasteiger partial charge in [0.05, 0.1) is 0 Å². The van der Waals surface area contributed by atoms with Gasteiger partial charge in [0.2, 0.25) is 0 Å². The van der Waals surface area contributed by atoms with Crippen LogP contribution in [0.25, 0.3) is 0 Å². The fourth-order valence-electron chi connectivity index (χ4n) is 2.04. The average molecular weight is 295 g/mol. The highest BCUT2D eigenvalue weighted by Crippen LogP contribution is 2.19. The normalized spacial score (nSPS) is 13.5. The number of carbonyl (C=O) groups excluding carboxylic acids is 2. The van der Waals surface area contributed by atoms with Crippen LogP contribution in [0.3, 0.4) is 0 Å². The van der Waals surface area contributed by atoms with Gasteiger partial charge in [0.1, 0.15) is 11.4 Å². The molecule has 5 nitrogen and oxygen atoms in total. The van der Waals surface area contributed by atoms with Crippen LogP contribution < -0.4 is 10.6 Å². The summed E-state index contributed by atoms with van der Waals surface area (Å²) in [5.74, 6) is -0.509. The molecule has 0 unspecified atom stereocenters. The number of hydrogen-bond donors (Lipinski definition) is 2. The summed E-state index contributed by atoms with van der Waals surface area (Å²) >= 11 is 0. The maximum Gasteiger partial charge on any atom is 0.270 e. The molecule has 0 aliphatic heterocycles. The molecule has 2 amide bonds. The van der Waals surface area contributed by atoms with Gasteiger partial charge in [-0.3, -0.25) is 9.59 Å². The topological polar surface area (TPSA) is 71.1 Å². The van der Waals surface area contributed by atoms with Crippen LogP contribution in [0.5, 0.6) is 0 Å². The van der Waals surface area contributed by atoms with Gasteiger partial charge in [-0.15, -0.1) is 0 Å². The molecule has 1 aromatic carbocycles. The minimum absolute atomic E-state index is 0.222. The summed E-state index contributed by atoms with van der Waals surface area (Å²) in [6.45, 7) is 0.430. The van der Waals surface area contributed by atoms with Gasteiger partial charge in [0.25, 0.3) is 11.8 Å². The smallest absolute Gasteiger partial charge is 0.270 e. The Hall–Kier alpha value is -2.69. The first-order valence-corrected chi connectivity index (χ1v) is 7.32. The van der Waals surface area contributed by atoms with Gasteiger partial charge in [0, 0.05) is 12.6 Å². The highest BCUT2D eigenvalue weighted by atomic mass is 16.2. The summed E-state index contributed by atoms with van der Waals surface area (Å²) < 4.78 is 0. The highest BCUT2D eigenvalue weighted by molar-refractivity contribution is 5.96. The molecule has 5 heteroatoms. The summed E-state index contributed by atoms with van der Waals surface area (Å²) in [4.78, 5) is 28.2. The number of carbonyl (C=O) groups is 2. The molecule has 1 saturated carbocycles. The minimum Gasteiger partial charge on any atom is -0.348 e. The maximum atomic E-state index is 12.1. The fourth-order valence-corrected chi connectivity index (χ4v) is 2.04. The first-order chi connectivity index (χ1) is 10.7. The number of nitrogens with zero attached hydrogens (tertiary/aromatic N) is 1. The molecule has 1 aliphatic carbocycles. The first-order valence-electron chi connectivity index (χ1n) is 7.32. The van der Waals surface area contributed by atoms with Crippen LogP contribution in [0.2, 0.25) is 0 Å². The monoisotopic (exact) mass is 295 g/mol. The highest BCUT2D eigenvalue weighted by Gasteiger charge is 2.24. The van der Waals surface area contributed by atoms with Crippen LogP contribution in [-0.2, 0) is 6.54 Å². The molecule has 1 fully saturated rings. The van der Waals surface area contributed by atoms with Gasteiger partial charge < -0.3 is 10.6 Å². The average Bonchev–Trinajstić information content (AvgIpc) is 3.37. The molecule has 0 atom stereocenters. The Morgan fingerprint density at radius 3 is 2.32 bits per heavy atom. The molecule has 3 rings (SSSR count). The Morgan fingerprint density at radius 2 is 1.64 bits per heavy atom. The molecular formula is C17H17N3O2. The van der Waals surface area contributed by atoms with Gasteiger partial charge in [-0.25, -0.2) is 4.98 Å². The van der Waals surface area contributed by atoms with E-state index in [0.29, 0.717) is 6.54 Å². The number of pyridine rings is 1. The quantitative estimate of drug-likeness (QED) is 0.885. The van der Waals surface area contributed by atoms with E-state index in [1.165, 1.54) is 0 Å². The second kappa shape index (κ2) is 6.39. The molecule has 0 radical (unpaired) electrons. The van der Waals surface area contributed by atoms with Gasteiger partial charge in [-0.1, -0.05) is 36.4 Å². The molecule has 0 saturated heterocycles. The lowest BCUT2D eigenvalue weighted by Gasteiger charge is -2.07. The third-order valence-electron chi connectivity index (χ3n) is 3.42. The van der Waals surface area contributed by atoms with Gasteiger partial charge >= 0.3 is 0 Å². The number of nitrogens with one attached hydrogen (secondary N) is 2. The van der Waals surface area contributed by atoms with E-state index in [0.717, 1.165) is 18.4 Å². The molecule has 2 N–H and O–H groups in total. The molecular weight excluding hydrogens is 278 g/mol. The predicted octanol–water partition coefficient (Wildman–Crippen LogP) is 1.90. The molecule has 1 aliphatic rings. The van der Waals surface area contributed by atoms with Crippen molar-refractivity contribution >= 4 is 11.8 Å². The summed E-state index contributed by atoms with van der Waals surface area (Å²) in [7, 11) is 0. The van der Waals surface area contributed by atoms with Crippen molar-refractivity contribution in [3.63, 3.8) is 0 Å². The van der Waals surface area contributed by atoms with Crippen LogP contribution >= 0.6 is 0 Å². The zero-order valence-corrected chi connectivity index (χ0v) is 12.1. The van der Waals surface area contributed by atoms with Crippen LogP contribution in [-0.4, -0.2) is 22.8 Å². The van der Waals surface area contributed by atoms with E-state index >= 15 is 0 Å². The zero-order chi connectivity index (χ0) is 15.4. The molecule has 0 spiro atoms. The Bertz CT molecular complexity index is 681. The fraction of sp³-hybridized carbons (Fsp3) is 0.235. The van der Waals surface area contributed by atoms with E-state index < -0.39 is 0 Å². The summed E-state index contributed by atoms with van der Waals surface area (Å²) in [6.07, 6.45) is 2.03. The summed E-state index contributed by atoms with van der Waals surface area (Å²) in [5, 5.41) is 5.66. The second-order valence-electron chi connectivity index (χ2n) is 5.32. The van der Waals surface area contributed by atoms with Crippen molar-refractivity contribution in [3.05, 3.63) is 65.5 Å².